The lowest BCUT2D eigenvalue weighted by atomic mass is 10.0. The van der Waals surface area contributed by atoms with Crippen molar-refractivity contribution < 1.29 is 32.3 Å². The van der Waals surface area contributed by atoms with Crippen LogP contribution in [0.1, 0.15) is 41.3 Å². The Morgan fingerprint density at radius 2 is 1.72 bits per heavy atom. The second-order valence-electron chi connectivity index (χ2n) is 7.60. The number of halogens is 3. The predicted molar refractivity (Wildman–Crippen MR) is 111 cm³/mol. The molecule has 172 valence electrons. The lowest BCUT2D eigenvalue weighted by molar-refractivity contribution is -0.137. The molecule has 1 aliphatic carbocycles. The average Bonchev–Trinajstić information content (AvgIpc) is 3.60. The van der Waals surface area contributed by atoms with Crippen LogP contribution >= 0.6 is 0 Å². The minimum Gasteiger partial charge on any atom is -0.493 e. The van der Waals surface area contributed by atoms with E-state index in [1.54, 1.807) is 31.2 Å². The van der Waals surface area contributed by atoms with Crippen LogP contribution in [0.3, 0.4) is 0 Å². The lowest BCUT2D eigenvalue weighted by Crippen LogP contribution is -2.48. The van der Waals surface area contributed by atoms with E-state index in [1.165, 1.54) is 25.0 Å². The second kappa shape index (κ2) is 10.5. The fourth-order valence-corrected chi connectivity index (χ4v) is 2.93. The first kappa shape index (κ1) is 23.6. The van der Waals surface area contributed by atoms with Gasteiger partial charge in [0, 0.05) is 12.0 Å². The van der Waals surface area contributed by atoms with Crippen LogP contribution in [-0.2, 0) is 22.2 Å². The Morgan fingerprint density at radius 1 is 1.06 bits per heavy atom. The summed E-state index contributed by atoms with van der Waals surface area (Å²) in [6.07, 6.45) is -2.12. The molecule has 2 aromatic carbocycles. The molecule has 1 fully saturated rings. The van der Waals surface area contributed by atoms with Crippen molar-refractivity contribution >= 4 is 11.8 Å². The van der Waals surface area contributed by atoms with Gasteiger partial charge in [0.05, 0.1) is 18.8 Å². The standard InChI is InChI=1S/C23H25F3N2O4/c1-2-32-28-22(30)20(13-15-5-9-18(10-6-15)23(24,25)26)27-21(29)17-7-11-19(12-8-17)31-14-16-3-4-16/h5-12,16,20H,2-4,13-14H2,1H3,(H,27,29)(H,28,30). The van der Waals surface area contributed by atoms with Crippen LogP contribution < -0.4 is 15.5 Å². The molecule has 9 heteroatoms. The van der Waals surface area contributed by atoms with Crippen molar-refractivity contribution in [1.29, 1.82) is 0 Å². The molecule has 2 aromatic rings. The maximum atomic E-state index is 12.8. The van der Waals surface area contributed by atoms with E-state index in [-0.39, 0.29) is 13.0 Å². The zero-order valence-corrected chi connectivity index (χ0v) is 17.6. The van der Waals surface area contributed by atoms with Gasteiger partial charge in [0.25, 0.3) is 11.8 Å². The molecule has 0 aliphatic heterocycles. The number of carbonyl (C=O) groups excluding carboxylic acids is 2. The van der Waals surface area contributed by atoms with Crippen molar-refractivity contribution in [3.05, 3.63) is 65.2 Å². The summed E-state index contributed by atoms with van der Waals surface area (Å²) in [6.45, 7) is 2.55. The summed E-state index contributed by atoms with van der Waals surface area (Å²) >= 11 is 0. The second-order valence-corrected chi connectivity index (χ2v) is 7.60. The highest BCUT2D eigenvalue weighted by atomic mass is 19.4. The molecule has 32 heavy (non-hydrogen) atoms. The van der Waals surface area contributed by atoms with Gasteiger partial charge in [-0.1, -0.05) is 12.1 Å². The Hall–Kier alpha value is -3.07. The number of alkyl halides is 3. The number of nitrogens with one attached hydrogen (secondary N) is 2. The van der Waals surface area contributed by atoms with Crippen LogP contribution in [-0.4, -0.2) is 31.1 Å². The quantitative estimate of drug-likeness (QED) is 0.539. The zero-order valence-electron chi connectivity index (χ0n) is 17.6. The molecule has 1 aliphatic rings. The van der Waals surface area contributed by atoms with Crippen molar-refractivity contribution in [2.24, 2.45) is 5.92 Å². The van der Waals surface area contributed by atoms with Gasteiger partial charge in [-0.2, -0.15) is 13.2 Å². The van der Waals surface area contributed by atoms with Crippen molar-refractivity contribution in [2.45, 2.75) is 38.4 Å². The number of carbonyl (C=O) groups is 2. The number of hydrogen-bond acceptors (Lipinski definition) is 4. The minimum absolute atomic E-state index is 0.00856. The van der Waals surface area contributed by atoms with Gasteiger partial charge in [0.2, 0.25) is 0 Å². The third-order valence-corrected chi connectivity index (χ3v) is 4.96. The Labute approximate surface area is 184 Å². The van der Waals surface area contributed by atoms with Crippen molar-refractivity contribution in [3.63, 3.8) is 0 Å². The van der Waals surface area contributed by atoms with E-state index < -0.39 is 29.6 Å². The summed E-state index contributed by atoms with van der Waals surface area (Å²) in [6, 6.07) is 9.94. The van der Waals surface area contributed by atoms with Gasteiger partial charge in [0.15, 0.2) is 0 Å². The maximum Gasteiger partial charge on any atom is 0.416 e. The molecule has 3 rings (SSSR count). The van der Waals surface area contributed by atoms with Gasteiger partial charge < -0.3 is 10.1 Å². The van der Waals surface area contributed by atoms with Crippen molar-refractivity contribution in [2.75, 3.05) is 13.2 Å². The third-order valence-electron chi connectivity index (χ3n) is 4.96. The summed E-state index contributed by atoms with van der Waals surface area (Å²) in [7, 11) is 0. The zero-order chi connectivity index (χ0) is 23.1. The highest BCUT2D eigenvalue weighted by Gasteiger charge is 2.30. The fourth-order valence-electron chi connectivity index (χ4n) is 2.93. The van der Waals surface area contributed by atoms with Gasteiger partial charge in [-0.05, 0) is 67.6 Å². The first-order valence-electron chi connectivity index (χ1n) is 10.4. The normalized spacial score (nSPS) is 14.5. The summed E-state index contributed by atoms with van der Waals surface area (Å²) in [5.41, 5.74) is 2.23. The maximum absolute atomic E-state index is 12.8. The van der Waals surface area contributed by atoms with Crippen LogP contribution in [0.5, 0.6) is 5.75 Å². The van der Waals surface area contributed by atoms with Crippen molar-refractivity contribution in [1.82, 2.24) is 10.8 Å². The van der Waals surface area contributed by atoms with E-state index >= 15 is 0 Å². The Balaban J connectivity index is 1.66. The molecule has 0 bridgehead atoms. The molecule has 1 saturated carbocycles. The molecule has 0 aromatic heterocycles. The monoisotopic (exact) mass is 450 g/mol. The molecule has 0 heterocycles. The van der Waals surface area contributed by atoms with Crippen LogP contribution in [0.2, 0.25) is 0 Å². The van der Waals surface area contributed by atoms with Gasteiger partial charge in [-0.3, -0.25) is 14.4 Å². The summed E-state index contributed by atoms with van der Waals surface area (Å²) in [5, 5.41) is 2.62. The Kier molecular flexibility index (Phi) is 7.74. The number of amides is 2. The third kappa shape index (κ3) is 6.98. The Bertz CT molecular complexity index is 910. The predicted octanol–water partition coefficient (Wildman–Crippen LogP) is 3.90. The number of hydroxylamine groups is 1. The van der Waals surface area contributed by atoms with Gasteiger partial charge in [-0.25, -0.2) is 5.48 Å². The molecular weight excluding hydrogens is 425 g/mol. The number of benzene rings is 2. The molecule has 2 amide bonds. The van der Waals surface area contributed by atoms with E-state index in [9.17, 15) is 22.8 Å². The number of ether oxygens (including phenoxy) is 1. The summed E-state index contributed by atoms with van der Waals surface area (Å²) in [5.74, 6) is 0.156. The van der Waals surface area contributed by atoms with Gasteiger partial charge >= 0.3 is 6.18 Å². The Morgan fingerprint density at radius 3 is 2.28 bits per heavy atom. The number of hydrogen-bond donors (Lipinski definition) is 2. The van der Waals surface area contributed by atoms with Crippen LogP contribution in [0.4, 0.5) is 13.2 Å². The smallest absolute Gasteiger partial charge is 0.416 e. The molecule has 6 nitrogen and oxygen atoms in total. The molecular formula is C23H25F3N2O4. The average molecular weight is 450 g/mol. The lowest BCUT2D eigenvalue weighted by Gasteiger charge is -2.19. The molecule has 2 N–H and O–H groups in total. The molecule has 1 unspecified atom stereocenters. The topological polar surface area (TPSA) is 76.7 Å². The van der Waals surface area contributed by atoms with E-state index in [0.29, 0.717) is 29.4 Å². The summed E-state index contributed by atoms with van der Waals surface area (Å²) < 4.78 is 44.0. The summed E-state index contributed by atoms with van der Waals surface area (Å²) in [4.78, 5) is 30.0. The minimum atomic E-state index is -4.45. The highest BCUT2D eigenvalue weighted by molar-refractivity contribution is 5.97. The van der Waals surface area contributed by atoms with E-state index in [0.717, 1.165) is 12.1 Å². The molecule has 0 spiro atoms. The van der Waals surface area contributed by atoms with Gasteiger partial charge in [0.1, 0.15) is 11.8 Å². The molecule has 0 radical (unpaired) electrons. The number of rotatable bonds is 10. The van der Waals surface area contributed by atoms with E-state index in [4.69, 9.17) is 9.57 Å². The van der Waals surface area contributed by atoms with E-state index in [1.807, 2.05) is 0 Å². The largest absolute Gasteiger partial charge is 0.493 e. The van der Waals surface area contributed by atoms with Crippen molar-refractivity contribution in [3.8, 4) is 5.75 Å². The fraction of sp³-hybridized carbons (Fsp3) is 0.391. The SMILES string of the molecule is CCONC(=O)C(Cc1ccc(C(F)(F)F)cc1)NC(=O)c1ccc(OCC2CC2)cc1. The van der Waals surface area contributed by atoms with Crippen LogP contribution in [0.15, 0.2) is 48.5 Å². The van der Waals surface area contributed by atoms with Crippen LogP contribution in [0, 0.1) is 5.92 Å². The first-order valence-corrected chi connectivity index (χ1v) is 10.4. The van der Waals surface area contributed by atoms with Gasteiger partial charge in [-0.15, -0.1) is 0 Å². The first-order chi connectivity index (χ1) is 15.3. The molecule has 1 atom stereocenters. The highest BCUT2D eigenvalue weighted by Crippen LogP contribution is 2.30. The van der Waals surface area contributed by atoms with E-state index in [2.05, 4.69) is 10.8 Å². The van der Waals surface area contributed by atoms with Crippen LogP contribution in [0.25, 0.3) is 0 Å². The molecule has 0 saturated heterocycles.